The first-order valence-corrected chi connectivity index (χ1v) is 9.07. The van der Waals surface area contributed by atoms with Crippen molar-refractivity contribution < 1.29 is 18.9 Å². The van der Waals surface area contributed by atoms with Crippen molar-refractivity contribution in [3.8, 4) is 0 Å². The van der Waals surface area contributed by atoms with Gasteiger partial charge in [0, 0.05) is 18.7 Å². The minimum Gasteiger partial charge on any atom is -0.351 e. The van der Waals surface area contributed by atoms with Crippen molar-refractivity contribution in [1.29, 1.82) is 0 Å². The van der Waals surface area contributed by atoms with E-state index >= 15 is 0 Å². The summed E-state index contributed by atoms with van der Waals surface area (Å²) in [6, 6.07) is 10.0. The number of carbonyl (C=O) groups excluding carboxylic acids is 2. The average Bonchev–Trinajstić information content (AvgIpc) is 2.68. The summed E-state index contributed by atoms with van der Waals surface area (Å²) in [5.74, 6) is -0.987. The van der Waals surface area contributed by atoms with E-state index in [9.17, 15) is 24.1 Å². The van der Waals surface area contributed by atoms with E-state index < -0.39 is 4.92 Å². The molecule has 0 aromatic heterocycles. The molecule has 0 unspecified atom stereocenters. The molecule has 0 fully saturated rings. The number of hydrogen-bond donors (Lipinski definition) is 2. The maximum absolute atomic E-state index is 12.9. The molecule has 2 aromatic carbocycles. The van der Waals surface area contributed by atoms with E-state index in [0.717, 1.165) is 5.56 Å². The molecule has 29 heavy (non-hydrogen) atoms. The largest absolute Gasteiger partial charge is 0.351 e. The smallest absolute Gasteiger partial charge is 0.271 e. The maximum atomic E-state index is 12.9. The number of non-ortho nitro benzene ring substituents is 1. The molecule has 0 aliphatic heterocycles. The lowest BCUT2D eigenvalue weighted by Crippen LogP contribution is -2.40. The summed E-state index contributed by atoms with van der Waals surface area (Å²) in [6.45, 7) is 4.25. The van der Waals surface area contributed by atoms with Crippen molar-refractivity contribution in [2.45, 2.75) is 20.4 Å². The molecule has 0 radical (unpaired) electrons. The van der Waals surface area contributed by atoms with E-state index in [-0.39, 0.29) is 43.0 Å². The van der Waals surface area contributed by atoms with Crippen LogP contribution in [0.5, 0.6) is 0 Å². The Morgan fingerprint density at radius 2 is 1.76 bits per heavy atom. The predicted molar refractivity (Wildman–Crippen MR) is 107 cm³/mol. The van der Waals surface area contributed by atoms with Gasteiger partial charge in [-0.3, -0.25) is 24.6 Å². The van der Waals surface area contributed by atoms with Crippen LogP contribution in [0.3, 0.4) is 0 Å². The number of likely N-dealkylation sites (N-methyl/N-ethyl adjacent to an activating group) is 1. The first-order valence-electron chi connectivity index (χ1n) is 9.07. The van der Waals surface area contributed by atoms with Crippen molar-refractivity contribution >= 4 is 23.2 Å². The summed E-state index contributed by atoms with van der Waals surface area (Å²) in [5.41, 5.74) is 1.71. The van der Waals surface area contributed by atoms with Gasteiger partial charge in [-0.05, 0) is 36.7 Å². The topological polar surface area (TPSA) is 105 Å². The second kappa shape index (κ2) is 10.3. The van der Waals surface area contributed by atoms with Crippen LogP contribution in [0.15, 0.2) is 42.5 Å². The van der Waals surface area contributed by atoms with E-state index in [0.29, 0.717) is 17.8 Å². The van der Waals surface area contributed by atoms with Crippen LogP contribution < -0.4 is 10.6 Å². The number of rotatable bonds is 9. The summed E-state index contributed by atoms with van der Waals surface area (Å²) in [5, 5.41) is 16.3. The van der Waals surface area contributed by atoms with Gasteiger partial charge in [-0.25, -0.2) is 4.39 Å². The normalized spacial score (nSPS) is 10.6. The van der Waals surface area contributed by atoms with Crippen LogP contribution in [0.25, 0.3) is 0 Å². The highest BCUT2D eigenvalue weighted by Gasteiger charge is 2.15. The maximum Gasteiger partial charge on any atom is 0.271 e. The standard InChI is InChI=1S/C20H23FN4O4/c1-3-24(12-19(26)22-11-15-5-7-16(21)8-6-15)13-20(27)23-18-10-17(25(28)29)9-4-14(18)2/h4-10H,3,11-13H2,1-2H3,(H,22,26)(H,23,27). The molecule has 0 atom stereocenters. The highest BCUT2D eigenvalue weighted by Crippen LogP contribution is 2.21. The number of nitro groups is 1. The minimum atomic E-state index is -0.529. The third-order valence-electron chi connectivity index (χ3n) is 4.29. The molecule has 0 bridgehead atoms. The summed E-state index contributed by atoms with van der Waals surface area (Å²) in [6.07, 6.45) is 0. The lowest BCUT2D eigenvalue weighted by molar-refractivity contribution is -0.384. The zero-order valence-corrected chi connectivity index (χ0v) is 16.3. The number of nitro benzene ring substituents is 1. The van der Waals surface area contributed by atoms with E-state index in [2.05, 4.69) is 10.6 Å². The first kappa shape index (κ1) is 22.0. The Bertz CT molecular complexity index is 887. The molecule has 0 saturated heterocycles. The summed E-state index contributed by atoms with van der Waals surface area (Å²) >= 11 is 0. The number of benzene rings is 2. The molecule has 0 spiro atoms. The zero-order valence-electron chi connectivity index (χ0n) is 16.3. The Kier molecular flexibility index (Phi) is 7.79. The number of aryl methyl sites for hydroxylation is 1. The van der Waals surface area contributed by atoms with Crippen LogP contribution in [0.1, 0.15) is 18.1 Å². The van der Waals surface area contributed by atoms with Crippen LogP contribution in [0.4, 0.5) is 15.8 Å². The average molecular weight is 402 g/mol. The van der Waals surface area contributed by atoms with Crippen LogP contribution >= 0.6 is 0 Å². The Morgan fingerprint density at radius 3 is 2.38 bits per heavy atom. The molecular formula is C20H23FN4O4. The fourth-order valence-electron chi connectivity index (χ4n) is 2.59. The molecular weight excluding hydrogens is 379 g/mol. The summed E-state index contributed by atoms with van der Waals surface area (Å²) in [7, 11) is 0. The number of nitrogens with zero attached hydrogens (tertiary/aromatic N) is 2. The van der Waals surface area contributed by atoms with Gasteiger partial charge in [-0.1, -0.05) is 25.1 Å². The van der Waals surface area contributed by atoms with Gasteiger partial charge in [0.1, 0.15) is 5.82 Å². The molecule has 0 saturated carbocycles. The molecule has 154 valence electrons. The van der Waals surface area contributed by atoms with Gasteiger partial charge in [0.25, 0.3) is 5.69 Å². The molecule has 2 N–H and O–H groups in total. The van der Waals surface area contributed by atoms with Crippen molar-refractivity contribution in [3.05, 3.63) is 69.5 Å². The van der Waals surface area contributed by atoms with E-state index in [1.54, 1.807) is 30.0 Å². The second-order valence-electron chi connectivity index (χ2n) is 6.51. The third-order valence-corrected chi connectivity index (χ3v) is 4.29. The first-order chi connectivity index (χ1) is 13.8. The second-order valence-corrected chi connectivity index (χ2v) is 6.51. The Labute approximate surface area is 167 Å². The van der Waals surface area contributed by atoms with Crippen molar-refractivity contribution in [2.24, 2.45) is 0 Å². The fraction of sp³-hybridized carbons (Fsp3) is 0.300. The zero-order chi connectivity index (χ0) is 21.4. The molecule has 2 aromatic rings. The van der Waals surface area contributed by atoms with Crippen molar-refractivity contribution in [3.63, 3.8) is 0 Å². The molecule has 0 aliphatic rings. The van der Waals surface area contributed by atoms with Crippen LogP contribution in [0.2, 0.25) is 0 Å². The predicted octanol–water partition coefficient (Wildman–Crippen LogP) is 2.62. The van der Waals surface area contributed by atoms with Crippen LogP contribution in [-0.4, -0.2) is 41.3 Å². The highest BCUT2D eigenvalue weighted by atomic mass is 19.1. The lowest BCUT2D eigenvalue weighted by atomic mass is 10.2. The van der Waals surface area contributed by atoms with E-state index in [1.165, 1.54) is 24.3 Å². The number of carbonyl (C=O) groups is 2. The van der Waals surface area contributed by atoms with Gasteiger partial charge in [0.05, 0.1) is 23.7 Å². The summed E-state index contributed by atoms with van der Waals surface area (Å²) in [4.78, 5) is 36.5. The molecule has 0 aliphatic carbocycles. The number of anilines is 1. The molecule has 2 rings (SSSR count). The van der Waals surface area contributed by atoms with Gasteiger partial charge < -0.3 is 10.6 Å². The lowest BCUT2D eigenvalue weighted by Gasteiger charge is -2.19. The monoisotopic (exact) mass is 402 g/mol. The molecule has 0 heterocycles. The van der Waals surface area contributed by atoms with Crippen LogP contribution in [0, 0.1) is 22.9 Å². The highest BCUT2D eigenvalue weighted by molar-refractivity contribution is 5.93. The summed E-state index contributed by atoms with van der Waals surface area (Å²) < 4.78 is 12.9. The Hall–Kier alpha value is -3.33. The minimum absolute atomic E-state index is 0.0129. The molecule has 9 heteroatoms. The van der Waals surface area contributed by atoms with Crippen LogP contribution in [-0.2, 0) is 16.1 Å². The molecule has 2 amide bonds. The van der Waals surface area contributed by atoms with E-state index in [1.807, 2.05) is 6.92 Å². The van der Waals surface area contributed by atoms with Gasteiger partial charge in [-0.2, -0.15) is 0 Å². The van der Waals surface area contributed by atoms with Gasteiger partial charge >= 0.3 is 0 Å². The van der Waals surface area contributed by atoms with Crippen molar-refractivity contribution in [1.82, 2.24) is 10.2 Å². The number of amides is 2. The van der Waals surface area contributed by atoms with Crippen molar-refractivity contribution in [2.75, 3.05) is 25.0 Å². The quantitative estimate of drug-likeness (QED) is 0.496. The number of hydrogen-bond acceptors (Lipinski definition) is 5. The molecule has 8 nitrogen and oxygen atoms in total. The van der Waals surface area contributed by atoms with E-state index in [4.69, 9.17) is 0 Å². The Morgan fingerprint density at radius 1 is 1.10 bits per heavy atom. The van der Waals surface area contributed by atoms with Gasteiger partial charge in [-0.15, -0.1) is 0 Å². The number of halogens is 1. The number of nitrogens with one attached hydrogen (secondary N) is 2. The third kappa shape index (κ3) is 6.96. The fourth-order valence-corrected chi connectivity index (χ4v) is 2.59. The SMILES string of the molecule is CCN(CC(=O)NCc1ccc(F)cc1)CC(=O)Nc1cc([N+](=O)[O-])ccc1C. The Balaban J connectivity index is 1.87. The van der Waals surface area contributed by atoms with Gasteiger partial charge in [0.15, 0.2) is 0 Å². The van der Waals surface area contributed by atoms with Gasteiger partial charge in [0.2, 0.25) is 11.8 Å².